The SMILES string of the molecule is CCNCc1ccccc1NC(=O)c1cc([N+](=O)[O-])cnc1C. The number of pyridine rings is 1. The highest BCUT2D eigenvalue weighted by atomic mass is 16.6. The molecule has 0 atom stereocenters. The molecule has 0 fully saturated rings. The van der Waals surface area contributed by atoms with Gasteiger partial charge in [-0.3, -0.25) is 19.9 Å². The number of anilines is 1. The van der Waals surface area contributed by atoms with Crippen LogP contribution in [0, 0.1) is 17.0 Å². The minimum atomic E-state index is -0.567. The summed E-state index contributed by atoms with van der Waals surface area (Å²) in [5.74, 6) is -0.414. The number of para-hydroxylation sites is 1. The Morgan fingerprint density at radius 3 is 2.78 bits per heavy atom. The molecule has 1 amide bonds. The van der Waals surface area contributed by atoms with Crippen LogP contribution in [0.5, 0.6) is 0 Å². The minimum Gasteiger partial charge on any atom is -0.322 e. The fourth-order valence-electron chi connectivity index (χ4n) is 2.10. The lowest BCUT2D eigenvalue weighted by molar-refractivity contribution is -0.385. The Bertz CT molecular complexity index is 731. The molecule has 1 aromatic carbocycles. The van der Waals surface area contributed by atoms with Gasteiger partial charge in [0, 0.05) is 18.3 Å². The third-order valence-electron chi connectivity index (χ3n) is 3.36. The van der Waals surface area contributed by atoms with Crippen LogP contribution >= 0.6 is 0 Å². The van der Waals surface area contributed by atoms with E-state index in [-0.39, 0.29) is 11.3 Å². The van der Waals surface area contributed by atoms with Crippen molar-refractivity contribution in [2.75, 3.05) is 11.9 Å². The molecular formula is C16H18N4O3. The average Bonchev–Trinajstić information content (AvgIpc) is 2.54. The first-order chi connectivity index (χ1) is 11.0. The largest absolute Gasteiger partial charge is 0.322 e. The number of nitrogens with one attached hydrogen (secondary N) is 2. The molecule has 0 saturated heterocycles. The lowest BCUT2D eigenvalue weighted by atomic mass is 10.1. The van der Waals surface area contributed by atoms with E-state index in [2.05, 4.69) is 15.6 Å². The Morgan fingerprint density at radius 2 is 2.09 bits per heavy atom. The number of carbonyl (C=O) groups is 1. The first-order valence-corrected chi connectivity index (χ1v) is 7.24. The van der Waals surface area contributed by atoms with Gasteiger partial charge in [0.2, 0.25) is 0 Å². The van der Waals surface area contributed by atoms with E-state index < -0.39 is 10.8 Å². The molecule has 7 heteroatoms. The van der Waals surface area contributed by atoms with Crippen LogP contribution in [-0.4, -0.2) is 22.4 Å². The summed E-state index contributed by atoms with van der Waals surface area (Å²) in [7, 11) is 0. The normalized spacial score (nSPS) is 10.3. The molecule has 0 bridgehead atoms. The van der Waals surface area contributed by atoms with Crippen LogP contribution in [0.25, 0.3) is 0 Å². The number of nitrogens with zero attached hydrogens (tertiary/aromatic N) is 2. The van der Waals surface area contributed by atoms with Gasteiger partial charge in [0.05, 0.1) is 16.2 Å². The van der Waals surface area contributed by atoms with E-state index in [0.29, 0.717) is 17.9 Å². The summed E-state index contributed by atoms with van der Waals surface area (Å²) in [6, 6.07) is 8.66. The van der Waals surface area contributed by atoms with Gasteiger partial charge < -0.3 is 10.6 Å². The van der Waals surface area contributed by atoms with Crippen LogP contribution < -0.4 is 10.6 Å². The highest BCUT2D eigenvalue weighted by Gasteiger charge is 2.16. The molecule has 0 aliphatic heterocycles. The van der Waals surface area contributed by atoms with Crippen LogP contribution in [0.4, 0.5) is 11.4 Å². The van der Waals surface area contributed by atoms with Gasteiger partial charge in [-0.1, -0.05) is 25.1 Å². The molecule has 7 nitrogen and oxygen atoms in total. The smallest absolute Gasteiger partial charge is 0.288 e. The van der Waals surface area contributed by atoms with Crippen molar-refractivity contribution >= 4 is 17.3 Å². The Hall–Kier alpha value is -2.80. The molecule has 120 valence electrons. The Balaban J connectivity index is 2.26. The van der Waals surface area contributed by atoms with Crippen molar-refractivity contribution in [1.82, 2.24) is 10.3 Å². The number of amides is 1. The molecule has 2 aromatic rings. The molecule has 0 aliphatic rings. The average molecular weight is 314 g/mol. The number of carbonyl (C=O) groups excluding carboxylic acids is 1. The number of hydrogen-bond acceptors (Lipinski definition) is 5. The third-order valence-corrected chi connectivity index (χ3v) is 3.36. The maximum absolute atomic E-state index is 12.4. The van der Waals surface area contributed by atoms with E-state index in [1.54, 1.807) is 13.0 Å². The van der Waals surface area contributed by atoms with Crippen molar-refractivity contribution in [2.24, 2.45) is 0 Å². The van der Waals surface area contributed by atoms with Gasteiger partial charge in [-0.15, -0.1) is 0 Å². The van der Waals surface area contributed by atoms with Crippen molar-refractivity contribution in [3.05, 3.63) is 63.5 Å². The molecule has 0 saturated carbocycles. The van der Waals surface area contributed by atoms with E-state index >= 15 is 0 Å². The van der Waals surface area contributed by atoms with Crippen molar-refractivity contribution in [2.45, 2.75) is 20.4 Å². The molecule has 0 aliphatic carbocycles. The standard InChI is InChI=1S/C16H18N4O3/c1-3-17-9-12-6-4-5-7-15(12)19-16(21)14-8-13(20(22)23)10-18-11(14)2/h4-8,10,17H,3,9H2,1-2H3,(H,19,21). The molecule has 0 spiro atoms. The molecular weight excluding hydrogens is 296 g/mol. The van der Waals surface area contributed by atoms with Gasteiger partial charge >= 0.3 is 0 Å². The monoisotopic (exact) mass is 314 g/mol. The summed E-state index contributed by atoms with van der Waals surface area (Å²) in [5.41, 5.74) is 2.04. The lowest BCUT2D eigenvalue weighted by Gasteiger charge is -2.12. The number of rotatable bonds is 6. The van der Waals surface area contributed by atoms with Gasteiger partial charge in [-0.25, -0.2) is 0 Å². The predicted octanol–water partition coefficient (Wildman–Crippen LogP) is 2.66. The fourth-order valence-corrected chi connectivity index (χ4v) is 2.10. The van der Waals surface area contributed by atoms with Gasteiger partial charge in [-0.2, -0.15) is 0 Å². The van der Waals surface area contributed by atoms with Crippen molar-refractivity contribution in [3.8, 4) is 0 Å². The van der Waals surface area contributed by atoms with Gasteiger partial charge in [-0.05, 0) is 25.1 Å². The number of benzene rings is 1. The van der Waals surface area contributed by atoms with Crippen LogP contribution in [-0.2, 0) is 6.54 Å². The highest BCUT2D eigenvalue weighted by molar-refractivity contribution is 6.05. The maximum atomic E-state index is 12.4. The highest BCUT2D eigenvalue weighted by Crippen LogP contribution is 2.19. The molecule has 2 N–H and O–H groups in total. The van der Waals surface area contributed by atoms with Gasteiger partial charge in [0.25, 0.3) is 11.6 Å². The Morgan fingerprint density at radius 1 is 1.35 bits per heavy atom. The number of aromatic nitrogens is 1. The molecule has 0 unspecified atom stereocenters. The Kier molecular flexibility index (Phi) is 5.37. The molecule has 0 radical (unpaired) electrons. The summed E-state index contributed by atoms with van der Waals surface area (Å²) in [6.07, 6.45) is 1.14. The zero-order valence-corrected chi connectivity index (χ0v) is 13.0. The van der Waals surface area contributed by atoms with Crippen LogP contribution in [0.1, 0.15) is 28.5 Å². The van der Waals surface area contributed by atoms with Gasteiger partial charge in [0.1, 0.15) is 6.20 Å². The van der Waals surface area contributed by atoms with E-state index in [1.807, 2.05) is 25.1 Å². The van der Waals surface area contributed by atoms with Gasteiger partial charge in [0.15, 0.2) is 0 Å². The van der Waals surface area contributed by atoms with Crippen LogP contribution in [0.15, 0.2) is 36.5 Å². The lowest BCUT2D eigenvalue weighted by Crippen LogP contribution is -2.18. The van der Waals surface area contributed by atoms with Crippen LogP contribution in [0.3, 0.4) is 0 Å². The topological polar surface area (TPSA) is 97.2 Å². The second-order valence-corrected chi connectivity index (χ2v) is 4.98. The molecule has 1 heterocycles. The Labute approximate surface area is 133 Å². The summed E-state index contributed by atoms with van der Waals surface area (Å²) < 4.78 is 0. The summed E-state index contributed by atoms with van der Waals surface area (Å²) in [5, 5.41) is 16.8. The fraction of sp³-hybridized carbons (Fsp3) is 0.250. The summed E-state index contributed by atoms with van der Waals surface area (Å²) in [4.78, 5) is 26.6. The second kappa shape index (κ2) is 7.46. The quantitative estimate of drug-likeness (QED) is 0.631. The second-order valence-electron chi connectivity index (χ2n) is 4.98. The van der Waals surface area contributed by atoms with Crippen LogP contribution in [0.2, 0.25) is 0 Å². The number of aryl methyl sites for hydroxylation is 1. The van der Waals surface area contributed by atoms with E-state index in [1.165, 1.54) is 6.07 Å². The summed E-state index contributed by atoms with van der Waals surface area (Å²) >= 11 is 0. The summed E-state index contributed by atoms with van der Waals surface area (Å²) in [6.45, 7) is 5.08. The first-order valence-electron chi connectivity index (χ1n) is 7.24. The van der Waals surface area contributed by atoms with Crippen molar-refractivity contribution in [1.29, 1.82) is 0 Å². The molecule has 1 aromatic heterocycles. The third kappa shape index (κ3) is 4.10. The molecule has 23 heavy (non-hydrogen) atoms. The number of hydrogen-bond donors (Lipinski definition) is 2. The number of nitro groups is 1. The van der Waals surface area contributed by atoms with E-state index in [4.69, 9.17) is 0 Å². The zero-order chi connectivity index (χ0) is 16.8. The van der Waals surface area contributed by atoms with E-state index in [0.717, 1.165) is 18.3 Å². The minimum absolute atomic E-state index is 0.192. The van der Waals surface area contributed by atoms with E-state index in [9.17, 15) is 14.9 Å². The zero-order valence-electron chi connectivity index (χ0n) is 13.0. The van der Waals surface area contributed by atoms with Crippen molar-refractivity contribution < 1.29 is 9.72 Å². The molecule has 2 rings (SSSR count). The predicted molar refractivity (Wildman–Crippen MR) is 87.4 cm³/mol. The maximum Gasteiger partial charge on any atom is 0.288 e. The van der Waals surface area contributed by atoms with Crippen molar-refractivity contribution in [3.63, 3.8) is 0 Å². The first kappa shape index (κ1) is 16.6.